The van der Waals surface area contributed by atoms with Gasteiger partial charge >= 0.3 is 0 Å². The van der Waals surface area contributed by atoms with Gasteiger partial charge in [-0.15, -0.1) is 0 Å². The predicted octanol–water partition coefficient (Wildman–Crippen LogP) is 3.05. The average molecular weight is 339 g/mol. The van der Waals surface area contributed by atoms with Crippen molar-refractivity contribution in [3.05, 3.63) is 18.2 Å². The van der Waals surface area contributed by atoms with E-state index in [0.717, 1.165) is 32.1 Å². The van der Waals surface area contributed by atoms with Crippen molar-refractivity contribution >= 4 is 10.0 Å². The summed E-state index contributed by atoms with van der Waals surface area (Å²) in [6, 6.07) is 5.01. The minimum atomic E-state index is -3.49. The molecule has 5 nitrogen and oxygen atoms in total. The van der Waals surface area contributed by atoms with Crippen LogP contribution in [0.1, 0.15) is 38.5 Å². The van der Waals surface area contributed by atoms with E-state index in [0.29, 0.717) is 28.9 Å². The molecule has 1 heterocycles. The number of nitrogens with zero attached hydrogens (tertiary/aromatic N) is 1. The van der Waals surface area contributed by atoms with E-state index in [1.807, 2.05) is 0 Å². The van der Waals surface area contributed by atoms with Crippen molar-refractivity contribution in [2.75, 3.05) is 20.8 Å². The Bertz CT molecular complexity index is 657. The highest BCUT2D eigenvalue weighted by atomic mass is 32.2. The van der Waals surface area contributed by atoms with Crippen LogP contribution >= 0.6 is 0 Å². The van der Waals surface area contributed by atoms with Gasteiger partial charge in [-0.3, -0.25) is 0 Å². The number of hydrogen-bond donors (Lipinski definition) is 0. The Kier molecular flexibility index (Phi) is 4.82. The molecular formula is C17H25NO4S. The van der Waals surface area contributed by atoms with Crippen LogP contribution < -0.4 is 9.47 Å². The first-order valence-electron chi connectivity index (χ1n) is 8.32. The summed E-state index contributed by atoms with van der Waals surface area (Å²) in [7, 11) is -0.427. The Balaban J connectivity index is 1.94. The lowest BCUT2D eigenvalue weighted by Gasteiger charge is -2.43. The van der Waals surface area contributed by atoms with Gasteiger partial charge in [-0.2, -0.15) is 4.31 Å². The van der Waals surface area contributed by atoms with Gasteiger partial charge in [0.2, 0.25) is 10.0 Å². The van der Waals surface area contributed by atoms with E-state index < -0.39 is 10.0 Å². The summed E-state index contributed by atoms with van der Waals surface area (Å²) in [5.41, 5.74) is 0. The number of ether oxygens (including phenoxy) is 2. The molecule has 1 saturated carbocycles. The van der Waals surface area contributed by atoms with E-state index in [4.69, 9.17) is 9.47 Å². The van der Waals surface area contributed by atoms with Crippen LogP contribution in [-0.2, 0) is 10.0 Å². The highest BCUT2D eigenvalue weighted by Gasteiger charge is 2.40. The second-order valence-electron chi connectivity index (χ2n) is 6.39. The Labute approximate surface area is 138 Å². The maximum atomic E-state index is 13.1. The molecule has 1 aliphatic carbocycles. The molecule has 0 unspecified atom stereocenters. The molecule has 1 aliphatic heterocycles. The molecule has 2 fully saturated rings. The first-order chi connectivity index (χ1) is 11.1. The summed E-state index contributed by atoms with van der Waals surface area (Å²) >= 11 is 0. The maximum Gasteiger partial charge on any atom is 0.243 e. The fourth-order valence-corrected chi connectivity index (χ4v) is 5.76. The van der Waals surface area contributed by atoms with Gasteiger partial charge in [0.25, 0.3) is 0 Å². The van der Waals surface area contributed by atoms with Gasteiger partial charge in [0.15, 0.2) is 11.5 Å². The van der Waals surface area contributed by atoms with Gasteiger partial charge in [-0.1, -0.05) is 12.8 Å². The number of fused-ring (bicyclic) bond motifs is 1. The maximum absolute atomic E-state index is 13.1. The fourth-order valence-electron chi connectivity index (χ4n) is 3.99. The number of methoxy groups -OCH3 is 2. The lowest BCUT2D eigenvalue weighted by Crippen LogP contribution is -2.49. The largest absolute Gasteiger partial charge is 0.493 e. The van der Waals surface area contributed by atoms with E-state index >= 15 is 0 Å². The third-order valence-electron chi connectivity index (χ3n) is 5.15. The molecule has 128 valence electrons. The van der Waals surface area contributed by atoms with Crippen molar-refractivity contribution in [1.82, 2.24) is 4.31 Å². The van der Waals surface area contributed by atoms with Crippen molar-refractivity contribution in [2.45, 2.75) is 49.5 Å². The minimum absolute atomic E-state index is 0.163. The molecular weight excluding hydrogens is 314 g/mol. The SMILES string of the molecule is COc1ccc(S(=O)(=O)N2CCC[C@@H]3CCCC[C@@H]32)cc1OC. The molecule has 0 N–H and O–H groups in total. The van der Waals surface area contributed by atoms with Crippen LogP contribution in [-0.4, -0.2) is 39.5 Å². The zero-order valence-corrected chi connectivity index (χ0v) is 14.6. The number of rotatable bonds is 4. The van der Waals surface area contributed by atoms with E-state index in [1.165, 1.54) is 13.5 Å². The average Bonchev–Trinajstić information content (AvgIpc) is 2.60. The van der Waals surface area contributed by atoms with Crippen LogP contribution in [0.25, 0.3) is 0 Å². The van der Waals surface area contributed by atoms with Crippen LogP contribution in [0, 0.1) is 5.92 Å². The smallest absolute Gasteiger partial charge is 0.243 e. The van der Waals surface area contributed by atoms with Crippen LogP contribution in [0.5, 0.6) is 11.5 Å². The van der Waals surface area contributed by atoms with Crippen molar-refractivity contribution in [2.24, 2.45) is 5.92 Å². The molecule has 0 radical (unpaired) electrons. The quantitative estimate of drug-likeness (QED) is 0.846. The van der Waals surface area contributed by atoms with Gasteiger partial charge in [0.05, 0.1) is 19.1 Å². The molecule has 0 aromatic heterocycles. The molecule has 6 heteroatoms. The monoisotopic (exact) mass is 339 g/mol. The van der Waals surface area contributed by atoms with E-state index in [-0.39, 0.29) is 6.04 Å². The van der Waals surface area contributed by atoms with Gasteiger partial charge in [-0.05, 0) is 43.7 Å². The van der Waals surface area contributed by atoms with Gasteiger partial charge < -0.3 is 9.47 Å². The van der Waals surface area contributed by atoms with E-state index in [1.54, 1.807) is 29.6 Å². The first-order valence-corrected chi connectivity index (χ1v) is 9.76. The third-order valence-corrected chi connectivity index (χ3v) is 7.07. The lowest BCUT2D eigenvalue weighted by molar-refractivity contribution is 0.129. The zero-order chi connectivity index (χ0) is 16.4. The van der Waals surface area contributed by atoms with Crippen LogP contribution in [0.3, 0.4) is 0 Å². The Hall–Kier alpha value is -1.27. The predicted molar refractivity (Wildman–Crippen MR) is 88.4 cm³/mol. The molecule has 0 amide bonds. The summed E-state index contributed by atoms with van der Waals surface area (Å²) < 4.78 is 38.5. The van der Waals surface area contributed by atoms with Crippen molar-refractivity contribution in [1.29, 1.82) is 0 Å². The Morgan fingerprint density at radius 2 is 1.70 bits per heavy atom. The van der Waals surface area contributed by atoms with Gasteiger partial charge in [0, 0.05) is 18.7 Å². The number of benzene rings is 1. The summed E-state index contributed by atoms with van der Waals surface area (Å²) in [6.07, 6.45) is 6.60. The molecule has 2 aliphatic rings. The fraction of sp³-hybridized carbons (Fsp3) is 0.647. The highest BCUT2D eigenvalue weighted by Crippen LogP contribution is 2.39. The Morgan fingerprint density at radius 3 is 2.43 bits per heavy atom. The van der Waals surface area contributed by atoms with Crippen LogP contribution in [0.4, 0.5) is 0 Å². The lowest BCUT2D eigenvalue weighted by atomic mass is 9.79. The molecule has 3 rings (SSSR count). The van der Waals surface area contributed by atoms with E-state index in [9.17, 15) is 8.42 Å². The van der Waals surface area contributed by atoms with Crippen molar-refractivity contribution in [3.8, 4) is 11.5 Å². The van der Waals surface area contributed by atoms with E-state index in [2.05, 4.69) is 0 Å². The normalized spacial score (nSPS) is 25.7. The van der Waals surface area contributed by atoms with Gasteiger partial charge in [-0.25, -0.2) is 8.42 Å². The second kappa shape index (κ2) is 6.69. The summed E-state index contributed by atoms with van der Waals surface area (Å²) in [5.74, 6) is 1.51. The topological polar surface area (TPSA) is 55.8 Å². The Morgan fingerprint density at radius 1 is 1.00 bits per heavy atom. The molecule has 1 aromatic carbocycles. The van der Waals surface area contributed by atoms with Crippen LogP contribution in [0.15, 0.2) is 23.1 Å². The van der Waals surface area contributed by atoms with Crippen molar-refractivity contribution in [3.63, 3.8) is 0 Å². The summed E-state index contributed by atoms with van der Waals surface area (Å²) in [5, 5.41) is 0. The molecule has 0 bridgehead atoms. The molecule has 1 saturated heterocycles. The summed E-state index contributed by atoms with van der Waals surface area (Å²) in [6.45, 7) is 0.623. The molecule has 2 atom stereocenters. The van der Waals surface area contributed by atoms with Gasteiger partial charge in [0.1, 0.15) is 0 Å². The minimum Gasteiger partial charge on any atom is -0.493 e. The standard InChI is InChI=1S/C17H25NO4S/c1-21-16-10-9-14(12-17(16)22-2)23(19,20)18-11-5-7-13-6-3-4-8-15(13)18/h9-10,12-13,15H,3-8,11H2,1-2H3/t13-,15-/m0/s1. The highest BCUT2D eigenvalue weighted by molar-refractivity contribution is 7.89. The third kappa shape index (κ3) is 3.06. The zero-order valence-electron chi connectivity index (χ0n) is 13.8. The number of hydrogen-bond acceptors (Lipinski definition) is 4. The molecule has 0 spiro atoms. The van der Waals surface area contributed by atoms with Crippen molar-refractivity contribution < 1.29 is 17.9 Å². The first kappa shape index (κ1) is 16.6. The molecule has 1 aromatic rings. The summed E-state index contributed by atoms with van der Waals surface area (Å²) in [4.78, 5) is 0.293. The number of sulfonamides is 1. The number of piperidine rings is 1. The second-order valence-corrected chi connectivity index (χ2v) is 8.28. The molecule has 23 heavy (non-hydrogen) atoms. The van der Waals surface area contributed by atoms with Crippen LogP contribution in [0.2, 0.25) is 0 Å².